The number of carbonyl (C=O) groups excluding carboxylic acids is 1. The molecule has 0 unspecified atom stereocenters. The van der Waals surface area contributed by atoms with Crippen molar-refractivity contribution in [2.75, 3.05) is 19.0 Å². The molecule has 0 saturated carbocycles. The number of nitrogens with zero attached hydrogens (tertiary/aromatic N) is 1. The van der Waals surface area contributed by atoms with Crippen molar-refractivity contribution in [2.24, 2.45) is 0 Å². The van der Waals surface area contributed by atoms with Gasteiger partial charge in [-0.1, -0.05) is 29.5 Å². The van der Waals surface area contributed by atoms with Crippen LogP contribution in [0.4, 0.5) is 5.13 Å². The van der Waals surface area contributed by atoms with Crippen molar-refractivity contribution in [3.63, 3.8) is 0 Å². The van der Waals surface area contributed by atoms with E-state index in [0.29, 0.717) is 23.9 Å². The molecule has 6 heteroatoms. The van der Waals surface area contributed by atoms with Crippen molar-refractivity contribution in [3.05, 3.63) is 53.6 Å². The summed E-state index contributed by atoms with van der Waals surface area (Å²) in [6.07, 6.45) is 0. The van der Waals surface area contributed by atoms with Gasteiger partial charge >= 0.3 is 0 Å². The zero-order valence-corrected chi connectivity index (χ0v) is 14.4. The van der Waals surface area contributed by atoms with Crippen LogP contribution in [0.5, 0.6) is 5.75 Å². The third kappa shape index (κ3) is 3.55. The van der Waals surface area contributed by atoms with E-state index in [1.165, 1.54) is 11.3 Å². The minimum atomic E-state index is -0.188. The summed E-state index contributed by atoms with van der Waals surface area (Å²) in [6.45, 7) is 2.95. The first-order valence-corrected chi connectivity index (χ1v) is 8.44. The van der Waals surface area contributed by atoms with Gasteiger partial charge in [0, 0.05) is 12.7 Å². The molecular formula is C18H18N2O3S. The van der Waals surface area contributed by atoms with E-state index in [-0.39, 0.29) is 5.91 Å². The van der Waals surface area contributed by atoms with E-state index in [1.54, 1.807) is 13.2 Å². The highest BCUT2D eigenvalue weighted by Crippen LogP contribution is 2.29. The lowest BCUT2D eigenvalue weighted by molar-refractivity contribution is 0.102. The molecule has 0 aliphatic carbocycles. The summed E-state index contributed by atoms with van der Waals surface area (Å²) in [5, 5.41) is 3.44. The standard InChI is InChI=1S/C18H18N2O3S/c1-3-23-13-8-9-15-16(10-13)24-18(19-15)20-17(21)14-7-5-4-6-12(14)11-22-2/h4-10H,3,11H2,1-2H3,(H,19,20,21). The summed E-state index contributed by atoms with van der Waals surface area (Å²) in [4.78, 5) is 17.0. The number of hydrogen-bond acceptors (Lipinski definition) is 5. The van der Waals surface area contributed by atoms with Crippen LogP contribution < -0.4 is 10.1 Å². The Morgan fingerprint density at radius 3 is 2.88 bits per heavy atom. The predicted molar refractivity (Wildman–Crippen MR) is 95.9 cm³/mol. The molecule has 3 aromatic rings. The first-order chi connectivity index (χ1) is 11.7. The van der Waals surface area contributed by atoms with Crippen molar-refractivity contribution in [1.82, 2.24) is 4.98 Å². The molecule has 1 N–H and O–H groups in total. The number of hydrogen-bond donors (Lipinski definition) is 1. The highest BCUT2D eigenvalue weighted by atomic mass is 32.1. The summed E-state index contributed by atoms with van der Waals surface area (Å²) in [5.41, 5.74) is 2.27. The zero-order valence-electron chi connectivity index (χ0n) is 13.5. The van der Waals surface area contributed by atoms with Gasteiger partial charge in [0.1, 0.15) is 5.75 Å². The molecule has 0 aliphatic rings. The number of anilines is 1. The number of amides is 1. The molecule has 0 bridgehead atoms. The number of fused-ring (bicyclic) bond motifs is 1. The van der Waals surface area contributed by atoms with Gasteiger partial charge < -0.3 is 9.47 Å². The molecule has 2 aromatic carbocycles. The Labute approximate surface area is 144 Å². The second-order valence-electron chi connectivity index (χ2n) is 5.13. The van der Waals surface area contributed by atoms with Crippen molar-refractivity contribution >= 4 is 32.6 Å². The first kappa shape index (κ1) is 16.4. The largest absolute Gasteiger partial charge is 0.494 e. The van der Waals surface area contributed by atoms with Crippen LogP contribution in [0.1, 0.15) is 22.8 Å². The number of aromatic nitrogens is 1. The Kier molecular flexibility index (Phi) is 5.08. The monoisotopic (exact) mass is 342 g/mol. The molecule has 1 heterocycles. The SMILES string of the molecule is CCOc1ccc2nc(NC(=O)c3ccccc3COC)sc2c1. The molecule has 5 nitrogen and oxygen atoms in total. The van der Waals surface area contributed by atoms with Crippen LogP contribution in [-0.4, -0.2) is 24.6 Å². The average molecular weight is 342 g/mol. The molecule has 1 aromatic heterocycles. The highest BCUT2D eigenvalue weighted by Gasteiger charge is 2.13. The van der Waals surface area contributed by atoms with E-state index in [2.05, 4.69) is 10.3 Å². The lowest BCUT2D eigenvalue weighted by Crippen LogP contribution is -2.14. The van der Waals surface area contributed by atoms with Gasteiger partial charge in [-0.05, 0) is 36.8 Å². The molecule has 0 spiro atoms. The Balaban J connectivity index is 1.83. The fourth-order valence-corrected chi connectivity index (χ4v) is 3.29. The topological polar surface area (TPSA) is 60.5 Å². The van der Waals surface area contributed by atoms with Gasteiger partial charge in [-0.15, -0.1) is 0 Å². The molecule has 0 radical (unpaired) electrons. The van der Waals surface area contributed by atoms with Crippen LogP contribution in [0.15, 0.2) is 42.5 Å². The van der Waals surface area contributed by atoms with Crippen molar-refractivity contribution in [1.29, 1.82) is 0 Å². The highest BCUT2D eigenvalue weighted by molar-refractivity contribution is 7.22. The van der Waals surface area contributed by atoms with Crippen LogP contribution in [0, 0.1) is 0 Å². The molecule has 0 saturated heterocycles. The average Bonchev–Trinajstić information content (AvgIpc) is 2.97. The van der Waals surface area contributed by atoms with Gasteiger partial charge in [0.15, 0.2) is 5.13 Å². The molecule has 0 aliphatic heterocycles. The summed E-state index contributed by atoms with van der Waals surface area (Å²) in [6, 6.07) is 13.1. The fraction of sp³-hybridized carbons (Fsp3) is 0.222. The van der Waals surface area contributed by atoms with Crippen molar-refractivity contribution < 1.29 is 14.3 Å². The van der Waals surface area contributed by atoms with Gasteiger partial charge in [-0.25, -0.2) is 4.98 Å². The Bertz CT molecular complexity index is 860. The summed E-state index contributed by atoms with van der Waals surface area (Å²) in [5.74, 6) is 0.615. The normalized spacial score (nSPS) is 10.8. The van der Waals surface area contributed by atoms with Crippen molar-refractivity contribution in [2.45, 2.75) is 13.5 Å². The Morgan fingerprint density at radius 2 is 2.08 bits per heavy atom. The fourth-order valence-electron chi connectivity index (χ4n) is 2.40. The van der Waals surface area contributed by atoms with Gasteiger partial charge in [-0.3, -0.25) is 10.1 Å². The summed E-state index contributed by atoms with van der Waals surface area (Å²) >= 11 is 1.43. The summed E-state index contributed by atoms with van der Waals surface area (Å²) in [7, 11) is 1.61. The number of rotatable bonds is 6. The quantitative estimate of drug-likeness (QED) is 0.733. The number of carbonyl (C=O) groups is 1. The number of methoxy groups -OCH3 is 1. The van der Waals surface area contributed by atoms with E-state index in [0.717, 1.165) is 21.5 Å². The van der Waals surface area contributed by atoms with Crippen LogP contribution in [0.3, 0.4) is 0 Å². The number of benzene rings is 2. The molecule has 1 amide bonds. The number of ether oxygens (including phenoxy) is 2. The third-order valence-electron chi connectivity index (χ3n) is 3.45. The van der Waals surface area contributed by atoms with E-state index >= 15 is 0 Å². The lowest BCUT2D eigenvalue weighted by atomic mass is 10.1. The third-order valence-corrected chi connectivity index (χ3v) is 4.39. The molecular weight excluding hydrogens is 324 g/mol. The number of nitrogens with one attached hydrogen (secondary N) is 1. The van der Waals surface area contributed by atoms with Crippen LogP contribution in [-0.2, 0) is 11.3 Å². The minimum absolute atomic E-state index is 0.188. The second-order valence-corrected chi connectivity index (χ2v) is 6.16. The second kappa shape index (κ2) is 7.42. The van der Waals surface area contributed by atoms with Crippen molar-refractivity contribution in [3.8, 4) is 5.75 Å². The maximum absolute atomic E-state index is 12.5. The summed E-state index contributed by atoms with van der Waals surface area (Å²) < 4.78 is 11.6. The molecule has 124 valence electrons. The molecule has 0 atom stereocenters. The maximum atomic E-state index is 12.5. The van der Waals surface area contributed by atoms with E-state index in [4.69, 9.17) is 9.47 Å². The van der Waals surface area contributed by atoms with Gasteiger partial charge in [0.2, 0.25) is 0 Å². The van der Waals surface area contributed by atoms with Gasteiger partial charge in [-0.2, -0.15) is 0 Å². The maximum Gasteiger partial charge on any atom is 0.257 e. The van der Waals surface area contributed by atoms with Crippen LogP contribution in [0.2, 0.25) is 0 Å². The number of thiazole rings is 1. The zero-order chi connectivity index (χ0) is 16.9. The molecule has 3 rings (SSSR count). The van der Waals surface area contributed by atoms with Gasteiger partial charge in [0.25, 0.3) is 5.91 Å². The minimum Gasteiger partial charge on any atom is -0.494 e. The van der Waals surface area contributed by atoms with E-state index < -0.39 is 0 Å². The predicted octanol–water partition coefficient (Wildman–Crippen LogP) is 4.09. The smallest absolute Gasteiger partial charge is 0.257 e. The van der Waals surface area contributed by atoms with Crippen LogP contribution in [0.25, 0.3) is 10.2 Å². The Hall–Kier alpha value is -2.44. The van der Waals surface area contributed by atoms with Gasteiger partial charge in [0.05, 0.1) is 23.4 Å². The molecule has 24 heavy (non-hydrogen) atoms. The first-order valence-electron chi connectivity index (χ1n) is 7.63. The van der Waals surface area contributed by atoms with E-state index in [1.807, 2.05) is 43.3 Å². The lowest BCUT2D eigenvalue weighted by Gasteiger charge is -2.07. The van der Waals surface area contributed by atoms with Crippen LogP contribution >= 0.6 is 11.3 Å². The van der Waals surface area contributed by atoms with E-state index in [9.17, 15) is 4.79 Å². The Morgan fingerprint density at radius 1 is 1.25 bits per heavy atom. The molecule has 0 fully saturated rings.